The molecule has 2 heteroatoms. The zero-order valence-corrected chi connectivity index (χ0v) is 8.76. The van der Waals surface area contributed by atoms with E-state index in [-0.39, 0.29) is 11.1 Å². The molecule has 1 rings (SSSR count). The Balaban J connectivity index is 3.10. The van der Waals surface area contributed by atoms with Crippen LogP contribution < -0.4 is 0 Å². The molecule has 72 valence electrons. The summed E-state index contributed by atoms with van der Waals surface area (Å²) in [5.74, 6) is 2.66. The highest BCUT2D eigenvalue weighted by atomic mass is 16.5. The molecule has 0 fully saturated rings. The second-order valence-corrected chi connectivity index (χ2v) is 4.77. The Morgan fingerprint density at radius 1 is 1.46 bits per heavy atom. The van der Waals surface area contributed by atoms with Crippen molar-refractivity contribution < 1.29 is 5.21 Å². The molecular weight excluding hydrogens is 162 g/mol. The molecule has 0 aromatic heterocycles. The molecule has 0 saturated heterocycles. The summed E-state index contributed by atoms with van der Waals surface area (Å²) in [6.45, 7) is 7.87. The first-order chi connectivity index (χ1) is 5.79. The third-order valence-corrected chi connectivity index (χ3v) is 2.46. The van der Waals surface area contributed by atoms with Crippen molar-refractivity contribution in [2.45, 2.75) is 45.2 Å². The average Bonchev–Trinajstić information content (AvgIpc) is 1.99. The van der Waals surface area contributed by atoms with Crippen molar-refractivity contribution in [1.29, 1.82) is 0 Å². The van der Waals surface area contributed by atoms with Crippen LogP contribution in [0, 0.1) is 12.3 Å². The summed E-state index contributed by atoms with van der Waals surface area (Å²) in [6, 6.07) is 0. The van der Waals surface area contributed by atoms with Crippen LogP contribution in [0.25, 0.3) is 0 Å². The lowest BCUT2D eigenvalue weighted by Crippen LogP contribution is -2.55. The average molecular weight is 179 g/mol. The minimum atomic E-state index is -0.372. The molecule has 0 atom stereocenters. The minimum Gasteiger partial charge on any atom is -0.313 e. The summed E-state index contributed by atoms with van der Waals surface area (Å²) in [7, 11) is 0. The summed E-state index contributed by atoms with van der Waals surface area (Å²) in [6.07, 6.45) is 8.04. The van der Waals surface area contributed by atoms with E-state index < -0.39 is 0 Å². The fraction of sp³-hybridized carbons (Fsp3) is 0.636. The lowest BCUT2D eigenvalue weighted by molar-refractivity contribution is -0.213. The molecule has 0 radical (unpaired) electrons. The van der Waals surface area contributed by atoms with E-state index in [1.165, 1.54) is 5.06 Å². The van der Waals surface area contributed by atoms with Crippen LogP contribution in [0.2, 0.25) is 0 Å². The third-order valence-electron chi connectivity index (χ3n) is 2.46. The van der Waals surface area contributed by atoms with Crippen molar-refractivity contribution in [3.63, 3.8) is 0 Å². The van der Waals surface area contributed by atoms with Crippen molar-refractivity contribution in [1.82, 2.24) is 5.06 Å². The van der Waals surface area contributed by atoms with E-state index in [1.807, 2.05) is 33.8 Å². The fourth-order valence-corrected chi connectivity index (χ4v) is 1.95. The van der Waals surface area contributed by atoms with Gasteiger partial charge in [0, 0.05) is 17.5 Å². The van der Waals surface area contributed by atoms with Gasteiger partial charge in [0.25, 0.3) is 0 Å². The van der Waals surface area contributed by atoms with E-state index in [0.29, 0.717) is 0 Å². The summed E-state index contributed by atoms with van der Waals surface area (Å²) in [5.41, 5.74) is 0.323. The molecule has 2 nitrogen and oxygen atoms in total. The van der Waals surface area contributed by atoms with Gasteiger partial charge in [0.2, 0.25) is 0 Å². The zero-order valence-electron chi connectivity index (χ0n) is 8.76. The van der Waals surface area contributed by atoms with E-state index in [0.717, 1.165) is 12.0 Å². The molecule has 0 bridgehead atoms. The quantitative estimate of drug-likeness (QED) is 0.576. The molecule has 1 aliphatic rings. The topological polar surface area (TPSA) is 23.5 Å². The number of rotatable bonds is 0. The Kier molecular flexibility index (Phi) is 2.27. The highest BCUT2D eigenvalue weighted by molar-refractivity contribution is 5.33. The van der Waals surface area contributed by atoms with Gasteiger partial charge < -0.3 is 5.21 Å². The molecule has 13 heavy (non-hydrogen) atoms. The summed E-state index contributed by atoms with van der Waals surface area (Å²) < 4.78 is 0. The molecular formula is C11H17NO. The van der Waals surface area contributed by atoms with Crippen LogP contribution in [0.1, 0.15) is 34.1 Å². The van der Waals surface area contributed by atoms with Crippen molar-refractivity contribution in [3.8, 4) is 12.3 Å². The monoisotopic (exact) mass is 179 g/mol. The van der Waals surface area contributed by atoms with Gasteiger partial charge >= 0.3 is 0 Å². The second kappa shape index (κ2) is 2.87. The van der Waals surface area contributed by atoms with Gasteiger partial charge in [-0.1, -0.05) is 12.0 Å². The maximum atomic E-state index is 9.90. The smallest absolute Gasteiger partial charge is 0.0601 e. The molecule has 0 amide bonds. The largest absolute Gasteiger partial charge is 0.313 e. The van der Waals surface area contributed by atoms with Crippen molar-refractivity contribution in [2.24, 2.45) is 0 Å². The van der Waals surface area contributed by atoms with Gasteiger partial charge in [0.05, 0.1) is 5.54 Å². The van der Waals surface area contributed by atoms with Crippen LogP contribution >= 0.6 is 0 Å². The highest BCUT2D eigenvalue weighted by Crippen LogP contribution is 2.34. The van der Waals surface area contributed by atoms with E-state index in [9.17, 15) is 5.21 Å². The molecule has 0 spiro atoms. The number of hydrogen-bond acceptors (Lipinski definition) is 2. The van der Waals surface area contributed by atoms with Crippen molar-refractivity contribution >= 4 is 0 Å². The van der Waals surface area contributed by atoms with E-state index in [2.05, 4.69) is 5.92 Å². The highest BCUT2D eigenvalue weighted by Gasteiger charge is 2.40. The van der Waals surface area contributed by atoms with Gasteiger partial charge in [-0.05, 0) is 27.7 Å². The molecule has 1 heterocycles. The number of nitrogens with zero attached hydrogens (tertiary/aromatic N) is 1. The molecule has 1 N–H and O–H groups in total. The molecule has 0 aromatic carbocycles. The van der Waals surface area contributed by atoms with E-state index in [4.69, 9.17) is 6.42 Å². The maximum absolute atomic E-state index is 9.90. The van der Waals surface area contributed by atoms with Crippen LogP contribution in [-0.4, -0.2) is 21.3 Å². The molecule has 1 aliphatic heterocycles. The number of hydroxylamine groups is 2. The van der Waals surface area contributed by atoms with Crippen molar-refractivity contribution in [3.05, 3.63) is 11.6 Å². The Bertz CT molecular complexity index is 281. The van der Waals surface area contributed by atoms with Gasteiger partial charge in [0.15, 0.2) is 0 Å². The van der Waals surface area contributed by atoms with Gasteiger partial charge in [-0.25, -0.2) is 0 Å². The van der Waals surface area contributed by atoms with Gasteiger partial charge in [-0.15, -0.1) is 6.42 Å². The standard InChI is InChI=1S/C11H17NO/c1-6-9-7-10(2,3)12(13)11(4,5)8-9/h1,7,13H,8H2,2-5H3. The molecule has 0 saturated carbocycles. The molecule has 0 aliphatic carbocycles. The summed E-state index contributed by atoms with van der Waals surface area (Å²) in [4.78, 5) is 0. The van der Waals surface area contributed by atoms with Crippen LogP contribution in [0.15, 0.2) is 11.6 Å². The van der Waals surface area contributed by atoms with Gasteiger partial charge in [-0.3, -0.25) is 0 Å². The first-order valence-corrected chi connectivity index (χ1v) is 4.47. The van der Waals surface area contributed by atoms with Crippen LogP contribution in [-0.2, 0) is 0 Å². The zero-order chi connectivity index (χ0) is 10.3. The third kappa shape index (κ3) is 1.77. The van der Waals surface area contributed by atoms with Gasteiger partial charge in [-0.2, -0.15) is 5.06 Å². The number of terminal acetylenes is 1. The predicted molar refractivity (Wildman–Crippen MR) is 53.3 cm³/mol. The Labute approximate surface area is 80.2 Å². The summed E-state index contributed by atoms with van der Waals surface area (Å²) >= 11 is 0. The Morgan fingerprint density at radius 3 is 2.38 bits per heavy atom. The molecule has 0 unspecified atom stereocenters. The normalized spacial score (nSPS) is 26.3. The maximum Gasteiger partial charge on any atom is 0.0601 e. The first kappa shape index (κ1) is 10.3. The van der Waals surface area contributed by atoms with E-state index >= 15 is 0 Å². The fourth-order valence-electron chi connectivity index (χ4n) is 1.95. The van der Waals surface area contributed by atoms with Crippen LogP contribution in [0.3, 0.4) is 0 Å². The predicted octanol–water partition coefficient (Wildman–Crippen LogP) is 2.20. The van der Waals surface area contributed by atoms with Crippen molar-refractivity contribution in [2.75, 3.05) is 0 Å². The first-order valence-electron chi connectivity index (χ1n) is 4.47. The van der Waals surface area contributed by atoms with Crippen LogP contribution in [0.5, 0.6) is 0 Å². The summed E-state index contributed by atoms with van der Waals surface area (Å²) in [5, 5.41) is 11.3. The van der Waals surface area contributed by atoms with E-state index in [1.54, 1.807) is 0 Å². The Hall–Kier alpha value is -0.780. The number of hydrogen-bond donors (Lipinski definition) is 1. The SMILES string of the molecule is C#CC1=CC(C)(C)N(O)C(C)(C)C1. The van der Waals surface area contributed by atoms with Gasteiger partial charge in [0.1, 0.15) is 0 Å². The Morgan fingerprint density at radius 2 is 2.00 bits per heavy atom. The molecule has 0 aromatic rings. The lowest BCUT2D eigenvalue weighted by atomic mass is 9.83. The lowest BCUT2D eigenvalue weighted by Gasteiger charge is -2.46. The van der Waals surface area contributed by atoms with Crippen LogP contribution in [0.4, 0.5) is 0 Å². The second-order valence-electron chi connectivity index (χ2n) is 4.77. The minimum absolute atomic E-state index is 0.278.